The third-order valence-corrected chi connectivity index (χ3v) is 3.61. The van der Waals surface area contributed by atoms with Gasteiger partial charge >= 0.3 is 5.97 Å². The average Bonchev–Trinajstić information content (AvgIpc) is 2.41. The number of hydrogen-bond donors (Lipinski definition) is 0. The zero-order valence-electron chi connectivity index (χ0n) is 11.5. The largest absolute Gasteiger partial charge is 0.468 e. The quantitative estimate of drug-likeness (QED) is 0.452. The summed E-state index contributed by atoms with van der Waals surface area (Å²) in [4.78, 5) is 24.3. The number of aryl methyl sites for hydroxylation is 1. The Morgan fingerprint density at radius 1 is 1.37 bits per heavy atom. The van der Waals surface area contributed by atoms with Crippen LogP contribution in [0, 0.1) is 12.8 Å². The minimum atomic E-state index is -0.696. The fraction of sp³-hybridized carbons (Fsp3) is 0.467. The minimum absolute atomic E-state index is 0.154. The molecule has 0 spiro atoms. The van der Waals surface area contributed by atoms with Crippen LogP contribution in [0.4, 0.5) is 0 Å². The molecule has 1 aromatic rings. The van der Waals surface area contributed by atoms with Gasteiger partial charge in [0.15, 0.2) is 5.78 Å². The van der Waals surface area contributed by atoms with E-state index < -0.39 is 11.9 Å². The highest BCUT2D eigenvalue weighted by Crippen LogP contribution is 2.22. The molecule has 0 aromatic heterocycles. The lowest BCUT2D eigenvalue weighted by Crippen LogP contribution is -2.26. The number of rotatable bonds is 6. The van der Waals surface area contributed by atoms with Crippen LogP contribution in [0.15, 0.2) is 22.7 Å². The Labute approximate surface area is 122 Å². The third kappa shape index (κ3) is 4.16. The smallest absolute Gasteiger partial charge is 0.316 e. The van der Waals surface area contributed by atoms with Gasteiger partial charge < -0.3 is 4.74 Å². The van der Waals surface area contributed by atoms with Gasteiger partial charge in [0.25, 0.3) is 0 Å². The van der Waals surface area contributed by atoms with Crippen molar-refractivity contribution in [3.8, 4) is 0 Å². The Kier molecular flexibility index (Phi) is 6.22. The average molecular weight is 327 g/mol. The number of methoxy groups -OCH3 is 1. The zero-order chi connectivity index (χ0) is 14.4. The van der Waals surface area contributed by atoms with Crippen molar-refractivity contribution in [1.82, 2.24) is 0 Å². The molecule has 0 saturated carbocycles. The summed E-state index contributed by atoms with van der Waals surface area (Å²) >= 11 is 3.35. The normalized spacial score (nSPS) is 12.0. The Hall–Kier alpha value is -1.16. The van der Waals surface area contributed by atoms with Crippen molar-refractivity contribution in [3.63, 3.8) is 0 Å². The number of ether oxygens (including phenoxy) is 1. The van der Waals surface area contributed by atoms with Crippen LogP contribution in [0.2, 0.25) is 0 Å². The van der Waals surface area contributed by atoms with Gasteiger partial charge in [-0.2, -0.15) is 0 Å². The summed E-state index contributed by atoms with van der Waals surface area (Å²) in [5.41, 5.74) is 1.46. The first kappa shape index (κ1) is 15.9. The molecular weight excluding hydrogens is 308 g/mol. The number of esters is 1. The maximum Gasteiger partial charge on any atom is 0.316 e. The van der Waals surface area contributed by atoms with Crippen LogP contribution in [0.3, 0.4) is 0 Å². The second-order valence-electron chi connectivity index (χ2n) is 4.54. The number of unbranched alkanes of at least 4 members (excludes halogenated alkanes) is 1. The molecule has 0 bridgehead atoms. The molecule has 1 rings (SSSR count). The summed E-state index contributed by atoms with van der Waals surface area (Å²) in [5, 5.41) is 0. The molecule has 1 aromatic carbocycles. The maximum atomic E-state index is 12.5. The summed E-state index contributed by atoms with van der Waals surface area (Å²) in [7, 11) is 1.32. The summed E-state index contributed by atoms with van der Waals surface area (Å²) in [6.07, 6.45) is 2.31. The van der Waals surface area contributed by atoms with E-state index in [1.54, 1.807) is 6.07 Å². The van der Waals surface area contributed by atoms with Crippen molar-refractivity contribution >= 4 is 27.7 Å². The van der Waals surface area contributed by atoms with E-state index in [-0.39, 0.29) is 5.78 Å². The lowest BCUT2D eigenvalue weighted by Gasteiger charge is -2.14. The SMILES string of the molecule is CCCCC(C(=O)OC)C(=O)c1cc(Br)ccc1C. The number of benzene rings is 1. The number of hydrogen-bond acceptors (Lipinski definition) is 3. The molecule has 0 fully saturated rings. The van der Waals surface area contributed by atoms with E-state index in [2.05, 4.69) is 15.9 Å². The minimum Gasteiger partial charge on any atom is -0.468 e. The predicted octanol–water partition coefficient (Wildman–Crippen LogP) is 3.92. The van der Waals surface area contributed by atoms with E-state index in [1.165, 1.54) is 7.11 Å². The Balaban J connectivity index is 3.04. The van der Waals surface area contributed by atoms with Crippen LogP contribution >= 0.6 is 15.9 Å². The summed E-state index contributed by atoms with van der Waals surface area (Å²) in [5.74, 6) is -1.30. The van der Waals surface area contributed by atoms with Gasteiger partial charge in [0.2, 0.25) is 0 Å². The molecule has 4 heteroatoms. The van der Waals surface area contributed by atoms with Crippen LogP contribution in [0.25, 0.3) is 0 Å². The lowest BCUT2D eigenvalue weighted by molar-refractivity contribution is -0.143. The van der Waals surface area contributed by atoms with Crippen LogP contribution < -0.4 is 0 Å². The highest BCUT2D eigenvalue weighted by Gasteiger charge is 2.28. The maximum absolute atomic E-state index is 12.5. The summed E-state index contributed by atoms with van der Waals surface area (Å²) in [6.45, 7) is 3.90. The molecule has 0 radical (unpaired) electrons. The van der Waals surface area contributed by atoms with Crippen molar-refractivity contribution in [1.29, 1.82) is 0 Å². The molecule has 0 aliphatic heterocycles. The molecule has 0 saturated heterocycles. The van der Waals surface area contributed by atoms with E-state index in [1.807, 2.05) is 26.0 Å². The van der Waals surface area contributed by atoms with E-state index in [9.17, 15) is 9.59 Å². The molecule has 0 N–H and O–H groups in total. The van der Waals surface area contributed by atoms with E-state index in [0.29, 0.717) is 12.0 Å². The highest BCUT2D eigenvalue weighted by molar-refractivity contribution is 9.10. The van der Waals surface area contributed by atoms with Gasteiger partial charge in [0.05, 0.1) is 7.11 Å². The van der Waals surface area contributed by atoms with Crippen LogP contribution in [0.1, 0.15) is 42.1 Å². The number of halogens is 1. The molecule has 1 atom stereocenters. The first-order chi connectivity index (χ1) is 9.01. The van der Waals surface area contributed by atoms with Gasteiger partial charge in [-0.15, -0.1) is 0 Å². The van der Waals surface area contributed by atoms with Crippen molar-refractivity contribution in [2.24, 2.45) is 5.92 Å². The monoisotopic (exact) mass is 326 g/mol. The van der Waals surface area contributed by atoms with Gasteiger partial charge in [-0.25, -0.2) is 0 Å². The predicted molar refractivity (Wildman–Crippen MR) is 78.2 cm³/mol. The number of Topliss-reactive ketones (excluding diaryl/α,β-unsaturated/α-hetero) is 1. The van der Waals surface area contributed by atoms with E-state index in [4.69, 9.17) is 4.74 Å². The van der Waals surface area contributed by atoms with Crippen LogP contribution in [0.5, 0.6) is 0 Å². The topological polar surface area (TPSA) is 43.4 Å². The van der Waals surface area contributed by atoms with Crippen molar-refractivity contribution in [3.05, 3.63) is 33.8 Å². The van der Waals surface area contributed by atoms with Crippen LogP contribution in [-0.2, 0) is 9.53 Å². The molecular formula is C15H19BrO3. The first-order valence-corrected chi connectivity index (χ1v) is 7.18. The van der Waals surface area contributed by atoms with Gasteiger partial charge in [-0.05, 0) is 31.0 Å². The third-order valence-electron chi connectivity index (χ3n) is 3.11. The molecule has 104 valence electrons. The number of ketones is 1. The Bertz CT molecular complexity index is 468. The van der Waals surface area contributed by atoms with Crippen molar-refractivity contribution < 1.29 is 14.3 Å². The molecule has 0 amide bonds. The molecule has 3 nitrogen and oxygen atoms in total. The summed E-state index contributed by atoms with van der Waals surface area (Å²) in [6, 6.07) is 5.51. The van der Waals surface area contributed by atoms with Gasteiger partial charge in [0.1, 0.15) is 5.92 Å². The number of carbonyl (C=O) groups excluding carboxylic acids is 2. The standard InChI is InChI=1S/C15H19BrO3/c1-4-5-6-12(15(18)19-3)14(17)13-9-11(16)8-7-10(13)2/h7-9,12H,4-6H2,1-3H3. The van der Waals surface area contributed by atoms with Crippen LogP contribution in [-0.4, -0.2) is 18.9 Å². The fourth-order valence-electron chi connectivity index (χ4n) is 1.95. The van der Waals surface area contributed by atoms with Crippen molar-refractivity contribution in [2.75, 3.05) is 7.11 Å². The van der Waals surface area contributed by atoms with Gasteiger partial charge in [0, 0.05) is 10.0 Å². The molecule has 0 aliphatic carbocycles. The second kappa shape index (κ2) is 7.43. The highest BCUT2D eigenvalue weighted by atomic mass is 79.9. The molecule has 0 aliphatic rings. The fourth-order valence-corrected chi connectivity index (χ4v) is 2.31. The zero-order valence-corrected chi connectivity index (χ0v) is 13.1. The molecule has 19 heavy (non-hydrogen) atoms. The lowest BCUT2D eigenvalue weighted by atomic mass is 9.91. The Morgan fingerprint density at radius 3 is 2.63 bits per heavy atom. The van der Waals surface area contributed by atoms with Gasteiger partial charge in [-0.3, -0.25) is 9.59 Å². The molecule has 0 heterocycles. The van der Waals surface area contributed by atoms with Crippen molar-refractivity contribution in [2.45, 2.75) is 33.1 Å². The molecule has 1 unspecified atom stereocenters. The summed E-state index contributed by atoms with van der Waals surface area (Å²) < 4.78 is 5.58. The van der Waals surface area contributed by atoms with E-state index >= 15 is 0 Å². The first-order valence-electron chi connectivity index (χ1n) is 6.39. The second-order valence-corrected chi connectivity index (χ2v) is 5.46. The number of carbonyl (C=O) groups is 2. The Morgan fingerprint density at radius 2 is 2.05 bits per heavy atom. The van der Waals surface area contributed by atoms with Gasteiger partial charge in [-0.1, -0.05) is 41.8 Å². The van der Waals surface area contributed by atoms with E-state index in [0.717, 1.165) is 22.9 Å².